The maximum absolute atomic E-state index is 9.43. The van der Waals surface area contributed by atoms with Crippen molar-refractivity contribution in [2.75, 3.05) is 6.54 Å². The van der Waals surface area contributed by atoms with Gasteiger partial charge in [-0.1, -0.05) is 51.5 Å². The summed E-state index contributed by atoms with van der Waals surface area (Å²) in [5, 5.41) is 5.34. The van der Waals surface area contributed by atoms with Gasteiger partial charge < -0.3 is 10.7 Å². The van der Waals surface area contributed by atoms with E-state index in [1.165, 1.54) is 29.9 Å². The summed E-state index contributed by atoms with van der Waals surface area (Å²) in [6, 6.07) is 6.43. The van der Waals surface area contributed by atoms with Crippen LogP contribution in [0.15, 0.2) is 59.3 Å². The van der Waals surface area contributed by atoms with E-state index in [0.717, 1.165) is 30.5 Å². The summed E-state index contributed by atoms with van der Waals surface area (Å²) in [5.74, 6) is 0.362. The van der Waals surface area contributed by atoms with Crippen molar-refractivity contribution in [2.45, 2.75) is 39.5 Å². The zero-order valence-electron chi connectivity index (χ0n) is 16.8. The molecule has 0 bridgehead atoms. The molecule has 6 nitrogen and oxygen atoms in total. The third-order valence-electron chi connectivity index (χ3n) is 3.94. The largest absolute Gasteiger partial charge is 0.369 e. The summed E-state index contributed by atoms with van der Waals surface area (Å²) in [5.41, 5.74) is 12.0. The smallest absolute Gasteiger partial charge is 0.209 e. The number of hydrazone groups is 1. The molecule has 0 aliphatic carbocycles. The highest BCUT2D eigenvalue weighted by atomic mass is 16.1. The summed E-state index contributed by atoms with van der Waals surface area (Å²) >= 11 is 0. The number of hydrogen-bond donors (Lipinski definition) is 3. The Morgan fingerprint density at radius 1 is 1.29 bits per heavy atom. The van der Waals surface area contributed by atoms with Gasteiger partial charge in [0.25, 0.3) is 0 Å². The number of aldehydes is 1. The summed E-state index contributed by atoms with van der Waals surface area (Å²) in [4.78, 5) is 16.9. The number of fused-ring (bicyclic) bond motifs is 1. The van der Waals surface area contributed by atoms with Crippen LogP contribution in [0.5, 0.6) is 0 Å². The molecule has 1 aromatic heterocycles. The van der Waals surface area contributed by atoms with Crippen LogP contribution in [-0.4, -0.2) is 30.0 Å². The molecule has 1 aromatic carbocycles. The Bertz CT molecular complexity index is 807. The third kappa shape index (κ3) is 8.49. The molecule has 0 aliphatic heterocycles. The Kier molecular flexibility index (Phi) is 11.4. The second-order valence-corrected chi connectivity index (χ2v) is 6.08. The van der Waals surface area contributed by atoms with Gasteiger partial charge in [0.2, 0.25) is 5.96 Å². The molecule has 28 heavy (non-hydrogen) atoms. The molecular weight excluding hydrogens is 350 g/mol. The van der Waals surface area contributed by atoms with E-state index < -0.39 is 0 Å². The molecule has 4 N–H and O–H groups in total. The Hall–Kier alpha value is -3.15. The van der Waals surface area contributed by atoms with E-state index in [0.29, 0.717) is 12.2 Å². The highest BCUT2D eigenvalue weighted by molar-refractivity contribution is 5.99. The molecule has 0 aliphatic rings. The predicted molar refractivity (Wildman–Crippen MR) is 120 cm³/mol. The summed E-state index contributed by atoms with van der Waals surface area (Å²) in [6.07, 6.45) is 13.4. The first-order chi connectivity index (χ1) is 13.7. The molecule has 0 spiro atoms. The number of nitrogens with zero attached hydrogens (tertiary/aromatic N) is 2. The van der Waals surface area contributed by atoms with E-state index in [4.69, 9.17) is 5.73 Å². The second-order valence-electron chi connectivity index (χ2n) is 6.08. The van der Waals surface area contributed by atoms with Gasteiger partial charge in [-0.3, -0.25) is 9.79 Å². The number of hydrogen-bond acceptors (Lipinski definition) is 3. The quantitative estimate of drug-likeness (QED) is 0.116. The van der Waals surface area contributed by atoms with Gasteiger partial charge in [-0.2, -0.15) is 5.10 Å². The summed E-state index contributed by atoms with van der Waals surface area (Å²) < 4.78 is 0. The number of rotatable bonds is 9. The van der Waals surface area contributed by atoms with E-state index >= 15 is 0 Å². The van der Waals surface area contributed by atoms with Gasteiger partial charge in [0, 0.05) is 29.2 Å². The van der Waals surface area contributed by atoms with E-state index in [2.05, 4.69) is 59.1 Å². The number of carbonyl (C=O) groups excluding carboxylic acids is 1. The van der Waals surface area contributed by atoms with E-state index in [9.17, 15) is 4.79 Å². The highest BCUT2D eigenvalue weighted by Crippen LogP contribution is 2.18. The second kappa shape index (κ2) is 14.0. The fourth-order valence-electron chi connectivity index (χ4n) is 2.40. The minimum absolute atomic E-state index is 0.362. The first-order valence-electron chi connectivity index (χ1n) is 9.58. The number of aromatic amines is 1. The molecule has 0 saturated heterocycles. The van der Waals surface area contributed by atoms with Crippen LogP contribution in [0.2, 0.25) is 0 Å². The van der Waals surface area contributed by atoms with Gasteiger partial charge in [0.05, 0.1) is 6.21 Å². The lowest BCUT2D eigenvalue weighted by atomic mass is 10.1. The maximum Gasteiger partial charge on any atom is 0.209 e. The zero-order chi connectivity index (χ0) is 20.6. The zero-order valence-corrected chi connectivity index (χ0v) is 16.8. The Labute approximate surface area is 167 Å². The minimum atomic E-state index is 0.362. The van der Waals surface area contributed by atoms with Crippen molar-refractivity contribution in [3.8, 4) is 0 Å². The Balaban J connectivity index is 0.000000568. The van der Waals surface area contributed by atoms with Crippen molar-refractivity contribution >= 4 is 29.4 Å². The fraction of sp³-hybridized carbons (Fsp3) is 0.318. The van der Waals surface area contributed by atoms with Gasteiger partial charge >= 0.3 is 0 Å². The molecule has 2 aromatic rings. The number of allylic oxidation sites excluding steroid dienone is 3. The Morgan fingerprint density at radius 2 is 2.11 bits per heavy atom. The average molecular weight is 382 g/mol. The number of nitrogens with two attached hydrogens (primary N) is 1. The van der Waals surface area contributed by atoms with Gasteiger partial charge in [0.15, 0.2) is 0 Å². The third-order valence-corrected chi connectivity index (χ3v) is 3.94. The highest BCUT2D eigenvalue weighted by Gasteiger charge is 2.02. The number of H-pyrrole nitrogens is 1. The number of benzene rings is 1. The molecule has 0 fully saturated rings. The van der Waals surface area contributed by atoms with Crippen molar-refractivity contribution in [1.82, 2.24) is 10.4 Å². The predicted octanol–water partition coefficient (Wildman–Crippen LogP) is 4.09. The van der Waals surface area contributed by atoms with Crippen LogP contribution in [-0.2, 0) is 11.2 Å². The van der Waals surface area contributed by atoms with Crippen LogP contribution in [0, 0.1) is 0 Å². The number of aryl methyl sites for hydroxylation is 1. The number of unbranched alkanes of at least 4 members (excludes halogenated alkanes) is 2. The molecule has 1 heterocycles. The molecule has 0 unspecified atom stereocenters. The number of guanidine groups is 1. The van der Waals surface area contributed by atoms with Crippen molar-refractivity contribution < 1.29 is 4.79 Å². The normalized spacial score (nSPS) is 11.6. The summed E-state index contributed by atoms with van der Waals surface area (Å²) in [6.45, 7) is 8.42. The summed E-state index contributed by atoms with van der Waals surface area (Å²) in [7, 11) is 0. The lowest BCUT2D eigenvalue weighted by molar-refractivity contribution is -0.104. The molecule has 0 amide bonds. The molecule has 0 atom stereocenters. The van der Waals surface area contributed by atoms with E-state index in [1.54, 1.807) is 18.4 Å². The lowest BCUT2D eigenvalue weighted by Gasteiger charge is -2.00. The first-order valence-corrected chi connectivity index (χ1v) is 9.58. The molecular formula is C22H31N5O. The van der Waals surface area contributed by atoms with Crippen LogP contribution in [0.3, 0.4) is 0 Å². The first kappa shape index (κ1) is 22.9. The van der Waals surface area contributed by atoms with Crippen molar-refractivity contribution in [3.63, 3.8) is 0 Å². The average Bonchev–Trinajstić information content (AvgIpc) is 3.12. The van der Waals surface area contributed by atoms with Gasteiger partial charge in [-0.05, 0) is 36.6 Å². The monoisotopic (exact) mass is 381 g/mol. The minimum Gasteiger partial charge on any atom is -0.369 e. The van der Waals surface area contributed by atoms with Gasteiger partial charge in [0.1, 0.15) is 6.29 Å². The van der Waals surface area contributed by atoms with E-state index in [-0.39, 0.29) is 0 Å². The van der Waals surface area contributed by atoms with Crippen molar-refractivity contribution in [3.05, 3.63) is 60.3 Å². The van der Waals surface area contributed by atoms with Crippen molar-refractivity contribution in [1.29, 1.82) is 0 Å². The molecule has 2 rings (SSSR count). The molecule has 0 radical (unpaired) electrons. The van der Waals surface area contributed by atoms with Crippen LogP contribution in [0.25, 0.3) is 10.9 Å². The van der Waals surface area contributed by atoms with Gasteiger partial charge in [-0.25, -0.2) is 5.43 Å². The molecule has 150 valence electrons. The van der Waals surface area contributed by atoms with Crippen LogP contribution < -0.4 is 11.2 Å². The number of carbonyl (C=O) groups is 1. The number of nitrogens with one attached hydrogen (secondary N) is 2. The van der Waals surface area contributed by atoms with Crippen LogP contribution in [0.1, 0.15) is 44.2 Å². The lowest BCUT2D eigenvalue weighted by Crippen LogP contribution is -2.27. The van der Waals surface area contributed by atoms with Gasteiger partial charge in [-0.15, -0.1) is 0 Å². The Morgan fingerprint density at radius 3 is 2.75 bits per heavy atom. The number of aromatic nitrogens is 1. The topological polar surface area (TPSA) is 95.6 Å². The van der Waals surface area contributed by atoms with Crippen LogP contribution >= 0.6 is 0 Å². The number of aliphatic imine (C=N–C) groups is 1. The fourth-order valence-corrected chi connectivity index (χ4v) is 2.40. The molecule has 6 heteroatoms. The molecule has 0 saturated carbocycles. The van der Waals surface area contributed by atoms with Crippen molar-refractivity contribution in [2.24, 2.45) is 15.8 Å². The maximum atomic E-state index is 9.43. The standard InChI is InChI=1S/C17H25N5.C5H6O/c1-3-5-6-9-19-17(18)22-21-12-14-11-20-16-8-7-13(4-2)10-15(14)16;1-2-3-4-5-6/h7-8,10-12,20H,3-6,9H2,1-2H3,(H3,18,19,22);2-5H,1H2/b21-12+;4-3+. The van der Waals surface area contributed by atoms with E-state index in [1.807, 2.05) is 6.20 Å². The van der Waals surface area contributed by atoms with Crippen LogP contribution in [0.4, 0.5) is 0 Å². The SMILES string of the molecule is C=C/C=C/C=O.CCCCCN=C(N)N/N=C/c1c[nH]c2ccc(CC)cc12.